The molecule has 3 heterocycles. The minimum Gasteiger partial charge on any atom is -0.355 e. The number of carbonyl (C=O) groups is 1. The van der Waals surface area contributed by atoms with Crippen LogP contribution in [0.25, 0.3) is 10.9 Å². The van der Waals surface area contributed by atoms with Crippen LogP contribution >= 0.6 is 15.9 Å². The van der Waals surface area contributed by atoms with Crippen molar-refractivity contribution in [2.45, 2.75) is 25.8 Å². The number of pyridine rings is 2. The molecule has 29 heavy (non-hydrogen) atoms. The van der Waals surface area contributed by atoms with Gasteiger partial charge in [0.15, 0.2) is 5.78 Å². The summed E-state index contributed by atoms with van der Waals surface area (Å²) < 4.78 is 0.942. The van der Waals surface area contributed by atoms with Crippen LogP contribution in [-0.2, 0) is 0 Å². The quantitative estimate of drug-likeness (QED) is 0.534. The van der Waals surface area contributed by atoms with Crippen LogP contribution in [0.4, 0.5) is 17.2 Å². The smallest absolute Gasteiger partial charge is 0.166 e. The molecule has 2 N–H and O–H groups in total. The van der Waals surface area contributed by atoms with Gasteiger partial charge in [0.25, 0.3) is 0 Å². The van der Waals surface area contributed by atoms with Gasteiger partial charge in [-0.1, -0.05) is 22.9 Å². The van der Waals surface area contributed by atoms with E-state index in [4.69, 9.17) is 0 Å². The highest BCUT2D eigenvalue weighted by Crippen LogP contribution is 2.32. The number of hydrogen-bond donors (Lipinski definition) is 2. The summed E-state index contributed by atoms with van der Waals surface area (Å²) in [5, 5.41) is 7.65. The summed E-state index contributed by atoms with van der Waals surface area (Å²) in [5.41, 5.74) is 3.05. The first-order chi connectivity index (χ1) is 14.1. The van der Waals surface area contributed by atoms with Gasteiger partial charge in [0.2, 0.25) is 0 Å². The van der Waals surface area contributed by atoms with Crippen LogP contribution in [-0.4, -0.2) is 41.9 Å². The molecule has 1 aliphatic rings. The molecule has 1 saturated heterocycles. The average molecular weight is 454 g/mol. The SMILES string of the molecule is CCC(=O)c1cnc2ccc(Br)cc2c1Nc1ccc(N2CCC(NC)C2)nc1. The Morgan fingerprint density at radius 2 is 2.10 bits per heavy atom. The van der Waals surface area contributed by atoms with Crippen molar-refractivity contribution in [3.05, 3.63) is 52.8 Å². The summed E-state index contributed by atoms with van der Waals surface area (Å²) in [6.45, 7) is 3.83. The lowest BCUT2D eigenvalue weighted by Crippen LogP contribution is -2.29. The molecule has 7 heteroatoms. The van der Waals surface area contributed by atoms with Crippen molar-refractivity contribution in [2.24, 2.45) is 0 Å². The molecule has 0 amide bonds. The van der Waals surface area contributed by atoms with E-state index in [1.807, 2.05) is 50.5 Å². The van der Waals surface area contributed by atoms with E-state index in [0.29, 0.717) is 18.0 Å². The van der Waals surface area contributed by atoms with Gasteiger partial charge in [-0.05, 0) is 43.8 Å². The second kappa shape index (κ2) is 8.47. The molecule has 3 aromatic rings. The molecule has 0 spiro atoms. The van der Waals surface area contributed by atoms with Crippen molar-refractivity contribution in [1.29, 1.82) is 0 Å². The molecule has 1 unspecified atom stereocenters. The van der Waals surface area contributed by atoms with Crippen molar-refractivity contribution in [1.82, 2.24) is 15.3 Å². The zero-order valence-electron chi connectivity index (χ0n) is 16.6. The number of aromatic nitrogens is 2. The molecule has 2 aromatic heterocycles. The van der Waals surface area contributed by atoms with Crippen molar-refractivity contribution < 1.29 is 4.79 Å². The van der Waals surface area contributed by atoms with E-state index in [1.54, 1.807) is 6.20 Å². The maximum absolute atomic E-state index is 12.5. The third-order valence-corrected chi connectivity index (χ3v) is 5.88. The van der Waals surface area contributed by atoms with Crippen LogP contribution in [0.2, 0.25) is 0 Å². The van der Waals surface area contributed by atoms with Crippen molar-refractivity contribution in [3.8, 4) is 0 Å². The molecule has 4 rings (SSSR count). The van der Waals surface area contributed by atoms with Gasteiger partial charge in [-0.15, -0.1) is 0 Å². The average Bonchev–Trinajstić information content (AvgIpc) is 3.23. The van der Waals surface area contributed by atoms with Crippen LogP contribution in [0.1, 0.15) is 30.1 Å². The monoisotopic (exact) mass is 453 g/mol. The molecule has 0 radical (unpaired) electrons. The highest BCUT2D eigenvalue weighted by atomic mass is 79.9. The molecular weight excluding hydrogens is 430 g/mol. The number of anilines is 3. The highest BCUT2D eigenvalue weighted by molar-refractivity contribution is 9.10. The Morgan fingerprint density at radius 1 is 1.24 bits per heavy atom. The van der Waals surface area contributed by atoms with Gasteiger partial charge in [-0.3, -0.25) is 9.78 Å². The van der Waals surface area contributed by atoms with Gasteiger partial charge in [0, 0.05) is 41.6 Å². The fourth-order valence-corrected chi connectivity index (χ4v) is 4.06. The van der Waals surface area contributed by atoms with E-state index >= 15 is 0 Å². The Morgan fingerprint density at radius 3 is 2.79 bits per heavy atom. The lowest BCUT2D eigenvalue weighted by atomic mass is 10.0. The van der Waals surface area contributed by atoms with Crippen molar-refractivity contribution >= 4 is 49.8 Å². The Bertz CT molecular complexity index is 1040. The van der Waals surface area contributed by atoms with Gasteiger partial charge in [-0.2, -0.15) is 0 Å². The second-order valence-electron chi connectivity index (χ2n) is 7.24. The van der Waals surface area contributed by atoms with Crippen LogP contribution in [0.3, 0.4) is 0 Å². The number of ketones is 1. The van der Waals surface area contributed by atoms with E-state index in [0.717, 1.165) is 52.1 Å². The third-order valence-electron chi connectivity index (χ3n) is 5.39. The van der Waals surface area contributed by atoms with E-state index < -0.39 is 0 Å². The summed E-state index contributed by atoms with van der Waals surface area (Å²) in [7, 11) is 2.00. The van der Waals surface area contributed by atoms with Gasteiger partial charge in [0.1, 0.15) is 5.82 Å². The fourth-order valence-electron chi connectivity index (χ4n) is 3.70. The van der Waals surface area contributed by atoms with Crippen LogP contribution in [0.15, 0.2) is 47.2 Å². The Labute approximate surface area is 178 Å². The Balaban J connectivity index is 1.66. The predicted octanol–water partition coefficient (Wildman–Crippen LogP) is 4.53. The van der Waals surface area contributed by atoms with E-state index in [-0.39, 0.29) is 5.78 Å². The van der Waals surface area contributed by atoms with Gasteiger partial charge >= 0.3 is 0 Å². The summed E-state index contributed by atoms with van der Waals surface area (Å²) in [6, 6.07) is 10.4. The number of nitrogens with one attached hydrogen (secondary N) is 2. The number of benzene rings is 1. The predicted molar refractivity (Wildman–Crippen MR) is 121 cm³/mol. The third kappa shape index (κ3) is 4.11. The zero-order chi connectivity index (χ0) is 20.4. The number of fused-ring (bicyclic) bond motifs is 1. The van der Waals surface area contributed by atoms with Crippen LogP contribution in [0.5, 0.6) is 0 Å². The number of likely N-dealkylation sites (N-methyl/N-ethyl adjacent to an activating group) is 1. The summed E-state index contributed by atoms with van der Waals surface area (Å²) in [6.07, 6.45) is 5.04. The molecule has 1 aliphatic heterocycles. The molecule has 6 nitrogen and oxygen atoms in total. The maximum Gasteiger partial charge on any atom is 0.166 e. The minimum absolute atomic E-state index is 0.0571. The largest absolute Gasteiger partial charge is 0.355 e. The first kappa shape index (κ1) is 19.8. The zero-order valence-corrected chi connectivity index (χ0v) is 18.2. The molecule has 1 aromatic carbocycles. The molecular formula is C22H24BrN5O. The normalized spacial score (nSPS) is 16.4. The number of Topliss-reactive ketones (excluding diaryl/α,β-unsaturated/α-hetero) is 1. The summed E-state index contributed by atoms with van der Waals surface area (Å²) >= 11 is 3.53. The van der Waals surface area contributed by atoms with Crippen LogP contribution in [0, 0.1) is 0 Å². The van der Waals surface area contributed by atoms with Crippen molar-refractivity contribution in [2.75, 3.05) is 30.4 Å². The molecule has 0 aliphatic carbocycles. The standard InChI is InChI=1S/C22H24BrN5O/c1-3-20(29)18-12-25-19-6-4-14(23)10-17(19)22(18)27-15-5-7-21(26-11-15)28-9-8-16(13-28)24-2/h4-7,10-12,16,24H,3,8-9,13H2,1-2H3,(H,25,27). The molecule has 150 valence electrons. The summed E-state index contributed by atoms with van der Waals surface area (Å²) in [5.74, 6) is 1.03. The topological polar surface area (TPSA) is 70.2 Å². The molecule has 1 fully saturated rings. The number of halogens is 1. The minimum atomic E-state index is 0.0571. The molecule has 0 saturated carbocycles. The van der Waals surface area contributed by atoms with E-state index in [9.17, 15) is 4.79 Å². The first-order valence-electron chi connectivity index (χ1n) is 9.85. The van der Waals surface area contributed by atoms with Gasteiger partial charge < -0.3 is 15.5 Å². The number of rotatable bonds is 6. The second-order valence-corrected chi connectivity index (χ2v) is 8.15. The Kier molecular flexibility index (Phi) is 5.78. The Hall–Kier alpha value is -2.51. The summed E-state index contributed by atoms with van der Waals surface area (Å²) in [4.78, 5) is 23.9. The molecule has 0 bridgehead atoms. The number of carbonyl (C=O) groups excluding carboxylic acids is 1. The lowest BCUT2D eigenvalue weighted by Gasteiger charge is -2.18. The fraction of sp³-hybridized carbons (Fsp3) is 0.318. The van der Waals surface area contributed by atoms with Gasteiger partial charge in [-0.25, -0.2) is 4.98 Å². The maximum atomic E-state index is 12.5. The highest BCUT2D eigenvalue weighted by Gasteiger charge is 2.22. The molecule has 1 atom stereocenters. The van der Waals surface area contributed by atoms with Crippen molar-refractivity contribution in [3.63, 3.8) is 0 Å². The van der Waals surface area contributed by atoms with Gasteiger partial charge in [0.05, 0.1) is 28.7 Å². The van der Waals surface area contributed by atoms with Crippen LogP contribution < -0.4 is 15.5 Å². The lowest BCUT2D eigenvalue weighted by molar-refractivity contribution is 0.0989. The van der Waals surface area contributed by atoms with E-state index in [2.05, 4.69) is 41.4 Å². The number of hydrogen-bond acceptors (Lipinski definition) is 6. The van der Waals surface area contributed by atoms with E-state index in [1.165, 1.54) is 0 Å². The number of nitrogens with zero attached hydrogens (tertiary/aromatic N) is 3. The first-order valence-corrected chi connectivity index (χ1v) is 10.6.